The van der Waals surface area contributed by atoms with Crippen LogP contribution in [0.2, 0.25) is 0 Å². The molecular formula is CH4Cl2N2O. The Morgan fingerprint density at radius 1 is 1.33 bits per heavy atom. The highest BCUT2D eigenvalue weighted by atomic mass is 36.5. The zero-order chi connectivity index (χ0) is 5.58. The second kappa shape index (κ2) is 8.85. The van der Waals surface area contributed by atoms with Crippen LogP contribution in [-0.4, -0.2) is 6.03 Å². The van der Waals surface area contributed by atoms with Gasteiger partial charge in [0, 0.05) is 21.7 Å². The molecule has 0 saturated carbocycles. The van der Waals surface area contributed by atoms with Crippen LogP contribution in [0.3, 0.4) is 0 Å². The van der Waals surface area contributed by atoms with Crippen LogP contribution in [0, 0.1) is 0 Å². The third-order valence-corrected chi connectivity index (χ3v) is 0. The number of nitrogens with two attached hydrogens (primary N) is 2. The minimum Gasteiger partial charge on any atom is -0.352 e. The summed E-state index contributed by atoms with van der Waals surface area (Å²) in [5, 5.41) is 0. The summed E-state index contributed by atoms with van der Waals surface area (Å²) in [7, 11) is 8.22. The van der Waals surface area contributed by atoms with Crippen LogP contribution >= 0.6 is 21.7 Å². The Labute approximate surface area is 44.8 Å². The molecule has 0 aromatic rings. The van der Waals surface area contributed by atoms with Crippen LogP contribution in [0.5, 0.6) is 0 Å². The Morgan fingerprint density at radius 3 is 1.33 bits per heavy atom. The quantitative estimate of drug-likeness (QED) is 0.490. The highest BCUT2D eigenvalue weighted by molar-refractivity contribution is 6.85. The van der Waals surface area contributed by atoms with Crippen molar-refractivity contribution in [1.29, 1.82) is 0 Å². The van der Waals surface area contributed by atoms with Gasteiger partial charge in [0.05, 0.1) is 0 Å². The Balaban J connectivity index is 0. The van der Waals surface area contributed by atoms with E-state index in [1.54, 1.807) is 0 Å². The first-order valence-electron chi connectivity index (χ1n) is 0.924. The monoisotopic (exact) mass is 130 g/mol. The van der Waals surface area contributed by atoms with Gasteiger partial charge >= 0.3 is 6.03 Å². The summed E-state index contributed by atoms with van der Waals surface area (Å²) >= 11 is 0. The van der Waals surface area contributed by atoms with Gasteiger partial charge in [-0.25, -0.2) is 4.79 Å². The molecule has 0 saturated heterocycles. The molecule has 0 atom stereocenters. The number of primary amides is 2. The maximum Gasteiger partial charge on any atom is 0.309 e. The summed E-state index contributed by atoms with van der Waals surface area (Å²) in [4.78, 5) is 9.00. The van der Waals surface area contributed by atoms with Crippen molar-refractivity contribution in [1.82, 2.24) is 0 Å². The molecule has 6 heavy (non-hydrogen) atoms. The predicted molar refractivity (Wildman–Crippen MR) is 25.5 cm³/mol. The van der Waals surface area contributed by atoms with E-state index in [-0.39, 0.29) is 0 Å². The molecule has 3 nitrogen and oxygen atoms in total. The highest BCUT2D eigenvalue weighted by Gasteiger charge is 1.60. The van der Waals surface area contributed by atoms with Gasteiger partial charge in [-0.3, -0.25) is 0 Å². The SMILES string of the molecule is ClCl.NC(N)=O. The van der Waals surface area contributed by atoms with Crippen LogP contribution in [0.25, 0.3) is 0 Å². The first-order valence-corrected chi connectivity index (χ1v) is 2.07. The van der Waals surface area contributed by atoms with E-state index >= 15 is 0 Å². The molecule has 0 bridgehead atoms. The number of rotatable bonds is 0. The molecule has 4 N–H and O–H groups in total. The fourth-order valence-corrected chi connectivity index (χ4v) is 0. The minimum absolute atomic E-state index is 0.833. The number of hydrogen-bond donors (Lipinski definition) is 2. The number of carbonyl (C=O) groups is 1. The van der Waals surface area contributed by atoms with Crippen LogP contribution in [0.1, 0.15) is 0 Å². The highest BCUT2D eigenvalue weighted by Crippen LogP contribution is 1.69. The van der Waals surface area contributed by atoms with E-state index in [4.69, 9.17) is 4.79 Å². The van der Waals surface area contributed by atoms with Crippen molar-refractivity contribution in [3.8, 4) is 0 Å². The molecular weight excluding hydrogens is 127 g/mol. The van der Waals surface area contributed by atoms with Crippen LogP contribution < -0.4 is 11.5 Å². The average molecular weight is 131 g/mol. The van der Waals surface area contributed by atoms with Crippen LogP contribution in [0.4, 0.5) is 4.79 Å². The number of carbonyl (C=O) groups excluding carboxylic acids is 1. The topological polar surface area (TPSA) is 69.1 Å². The van der Waals surface area contributed by atoms with E-state index in [2.05, 4.69) is 33.2 Å². The van der Waals surface area contributed by atoms with Crippen molar-refractivity contribution in [2.45, 2.75) is 0 Å². The summed E-state index contributed by atoms with van der Waals surface area (Å²) in [6.45, 7) is 0. The summed E-state index contributed by atoms with van der Waals surface area (Å²) in [5.74, 6) is 0. The summed E-state index contributed by atoms with van der Waals surface area (Å²) in [5.41, 5.74) is 8.50. The zero-order valence-electron chi connectivity index (χ0n) is 2.82. The van der Waals surface area contributed by atoms with Gasteiger partial charge in [-0.15, -0.1) is 0 Å². The molecule has 5 heteroatoms. The fraction of sp³-hybridized carbons (Fsp3) is 0. The maximum absolute atomic E-state index is 9.00. The third-order valence-electron chi connectivity index (χ3n) is 0. The molecule has 2 amide bonds. The largest absolute Gasteiger partial charge is 0.352 e. The molecule has 0 aromatic heterocycles. The van der Waals surface area contributed by atoms with Gasteiger partial charge in [-0.1, -0.05) is 0 Å². The molecule has 0 aliphatic rings. The molecule has 0 unspecified atom stereocenters. The lowest BCUT2D eigenvalue weighted by Gasteiger charge is -1.62. The van der Waals surface area contributed by atoms with E-state index in [0.29, 0.717) is 0 Å². The Morgan fingerprint density at radius 2 is 1.33 bits per heavy atom. The third kappa shape index (κ3) is 1390. The van der Waals surface area contributed by atoms with Gasteiger partial charge in [0.25, 0.3) is 0 Å². The van der Waals surface area contributed by atoms with Crippen molar-refractivity contribution in [2.75, 3.05) is 0 Å². The maximum atomic E-state index is 9.00. The summed E-state index contributed by atoms with van der Waals surface area (Å²) in [6, 6.07) is -0.833. The lowest BCUT2D eigenvalue weighted by atomic mass is 11.2. The van der Waals surface area contributed by atoms with Gasteiger partial charge in [0.1, 0.15) is 0 Å². The number of urea groups is 1. The van der Waals surface area contributed by atoms with Crippen molar-refractivity contribution < 1.29 is 4.79 Å². The lowest BCUT2D eigenvalue weighted by Crippen LogP contribution is -2.18. The smallest absolute Gasteiger partial charge is 0.309 e. The number of hydrogen-bond acceptors (Lipinski definition) is 1. The minimum atomic E-state index is -0.833. The van der Waals surface area contributed by atoms with Crippen molar-refractivity contribution in [2.24, 2.45) is 11.5 Å². The van der Waals surface area contributed by atoms with Crippen molar-refractivity contribution in [3.05, 3.63) is 0 Å². The van der Waals surface area contributed by atoms with E-state index in [1.165, 1.54) is 0 Å². The second-order valence-electron chi connectivity index (χ2n) is 0.402. The predicted octanol–water partition coefficient (Wildman–Crippen LogP) is 0.403. The lowest BCUT2D eigenvalue weighted by molar-refractivity contribution is 0.256. The Bertz CT molecular complexity index is 34.5. The zero-order valence-corrected chi connectivity index (χ0v) is 4.33. The number of halogens is 2. The van der Waals surface area contributed by atoms with Crippen molar-refractivity contribution in [3.63, 3.8) is 0 Å². The van der Waals surface area contributed by atoms with Gasteiger partial charge < -0.3 is 11.5 Å². The van der Waals surface area contributed by atoms with Gasteiger partial charge in [0.2, 0.25) is 0 Å². The summed E-state index contributed by atoms with van der Waals surface area (Å²) < 4.78 is 0. The van der Waals surface area contributed by atoms with Gasteiger partial charge in [-0.05, 0) is 0 Å². The van der Waals surface area contributed by atoms with E-state index in [1.807, 2.05) is 0 Å². The first-order chi connectivity index (χ1) is 2.73. The standard InChI is InChI=1S/CH4N2O.Cl2/c2-1(3)4;1-2/h(H4,2,3,4);. The molecule has 0 heterocycles. The van der Waals surface area contributed by atoms with Crippen molar-refractivity contribution >= 4 is 27.7 Å². The average Bonchev–Trinajstić information content (AvgIpc) is 1.41. The fourth-order valence-electron chi connectivity index (χ4n) is 0. The van der Waals surface area contributed by atoms with Gasteiger partial charge in [-0.2, -0.15) is 0 Å². The molecule has 0 aromatic carbocycles. The Hall–Kier alpha value is -0.150. The van der Waals surface area contributed by atoms with E-state index in [9.17, 15) is 0 Å². The normalized spacial score (nSPS) is 5.00. The molecule has 38 valence electrons. The second-order valence-corrected chi connectivity index (χ2v) is 0.402. The molecule has 0 radical (unpaired) electrons. The van der Waals surface area contributed by atoms with E-state index in [0.717, 1.165) is 0 Å². The molecule has 0 rings (SSSR count). The van der Waals surface area contributed by atoms with Crippen LogP contribution in [-0.2, 0) is 0 Å². The molecule has 0 fully saturated rings. The molecule has 0 aliphatic heterocycles. The van der Waals surface area contributed by atoms with Gasteiger partial charge in [0.15, 0.2) is 0 Å². The first kappa shape index (κ1) is 9.28. The van der Waals surface area contributed by atoms with Crippen LogP contribution in [0.15, 0.2) is 0 Å². The number of amides is 2. The molecule has 0 aliphatic carbocycles. The Kier molecular flexibility index (Phi) is 13.7. The van der Waals surface area contributed by atoms with E-state index < -0.39 is 6.03 Å². The summed E-state index contributed by atoms with van der Waals surface area (Å²) in [6.07, 6.45) is 0. The molecule has 0 spiro atoms.